The average molecular weight is 316 g/mol. The van der Waals surface area contributed by atoms with Gasteiger partial charge in [0.05, 0.1) is 18.1 Å². The van der Waals surface area contributed by atoms with Crippen molar-refractivity contribution in [1.29, 1.82) is 0 Å². The van der Waals surface area contributed by atoms with Crippen LogP contribution >= 0.6 is 0 Å². The Morgan fingerprint density at radius 2 is 2.00 bits per heavy atom. The summed E-state index contributed by atoms with van der Waals surface area (Å²) < 4.78 is 6.10. The van der Waals surface area contributed by atoms with E-state index in [1.807, 2.05) is 6.07 Å². The molecule has 23 heavy (non-hydrogen) atoms. The zero-order valence-corrected chi connectivity index (χ0v) is 13.4. The summed E-state index contributed by atoms with van der Waals surface area (Å²) in [7, 11) is 0. The first-order chi connectivity index (χ1) is 11.2. The Kier molecular flexibility index (Phi) is 3.93. The summed E-state index contributed by atoms with van der Waals surface area (Å²) in [5, 5.41) is 3.17. The van der Waals surface area contributed by atoms with Crippen LogP contribution in [-0.2, 0) is 9.53 Å². The summed E-state index contributed by atoms with van der Waals surface area (Å²) in [6.45, 7) is 2.35. The molecule has 1 aromatic heterocycles. The van der Waals surface area contributed by atoms with Gasteiger partial charge in [0.1, 0.15) is 0 Å². The lowest BCUT2D eigenvalue weighted by Crippen LogP contribution is -2.46. The second-order valence-corrected chi connectivity index (χ2v) is 7.07. The molecule has 1 amide bonds. The molecule has 3 heterocycles. The van der Waals surface area contributed by atoms with Crippen molar-refractivity contribution >= 4 is 11.9 Å². The standard InChI is InChI=1S/C17H24N4O2/c22-15(20-14-3-1-4-14)13-11-17(23-12-13)5-9-21(10-6-17)16-18-7-2-8-19-16/h2,7-8,13-14H,1,3-6,9-12H2,(H,20,22). The van der Waals surface area contributed by atoms with Gasteiger partial charge in [-0.25, -0.2) is 9.97 Å². The summed E-state index contributed by atoms with van der Waals surface area (Å²) in [4.78, 5) is 23.2. The Bertz CT molecular complexity index is 553. The molecule has 1 saturated carbocycles. The minimum Gasteiger partial charge on any atom is -0.374 e. The smallest absolute Gasteiger partial charge is 0.225 e. The van der Waals surface area contributed by atoms with Gasteiger partial charge in [0.2, 0.25) is 11.9 Å². The Balaban J connectivity index is 1.32. The molecule has 0 radical (unpaired) electrons. The maximum absolute atomic E-state index is 12.3. The fourth-order valence-corrected chi connectivity index (χ4v) is 3.80. The summed E-state index contributed by atoms with van der Waals surface area (Å²) in [5.74, 6) is 1.01. The number of anilines is 1. The van der Waals surface area contributed by atoms with E-state index in [-0.39, 0.29) is 17.4 Å². The van der Waals surface area contributed by atoms with Gasteiger partial charge >= 0.3 is 0 Å². The van der Waals surface area contributed by atoms with Crippen molar-refractivity contribution in [2.75, 3.05) is 24.6 Å². The van der Waals surface area contributed by atoms with Gasteiger partial charge in [0.15, 0.2) is 0 Å². The largest absolute Gasteiger partial charge is 0.374 e. The number of nitrogens with zero attached hydrogens (tertiary/aromatic N) is 3. The van der Waals surface area contributed by atoms with Crippen LogP contribution in [0.25, 0.3) is 0 Å². The zero-order chi connectivity index (χ0) is 15.7. The van der Waals surface area contributed by atoms with Gasteiger partial charge in [-0.2, -0.15) is 0 Å². The number of hydrogen-bond acceptors (Lipinski definition) is 5. The molecular weight excluding hydrogens is 292 g/mol. The molecule has 1 aromatic rings. The first-order valence-corrected chi connectivity index (χ1v) is 8.70. The highest BCUT2D eigenvalue weighted by Gasteiger charge is 2.45. The molecule has 0 aromatic carbocycles. The number of nitrogens with one attached hydrogen (secondary N) is 1. The molecule has 1 atom stereocenters. The van der Waals surface area contributed by atoms with Crippen molar-refractivity contribution < 1.29 is 9.53 Å². The predicted molar refractivity (Wildman–Crippen MR) is 86.1 cm³/mol. The van der Waals surface area contributed by atoms with Gasteiger partial charge in [-0.3, -0.25) is 4.79 Å². The van der Waals surface area contributed by atoms with E-state index in [4.69, 9.17) is 4.74 Å². The first kappa shape index (κ1) is 14.9. The van der Waals surface area contributed by atoms with E-state index in [9.17, 15) is 4.79 Å². The van der Waals surface area contributed by atoms with Crippen LogP contribution in [0.5, 0.6) is 0 Å². The third kappa shape index (κ3) is 3.04. The van der Waals surface area contributed by atoms with E-state index in [2.05, 4.69) is 20.2 Å². The number of piperidine rings is 1. The van der Waals surface area contributed by atoms with Gasteiger partial charge in [-0.05, 0) is 44.6 Å². The fourth-order valence-electron chi connectivity index (χ4n) is 3.80. The van der Waals surface area contributed by atoms with Crippen molar-refractivity contribution in [3.8, 4) is 0 Å². The van der Waals surface area contributed by atoms with Crippen LogP contribution in [0.4, 0.5) is 5.95 Å². The second-order valence-electron chi connectivity index (χ2n) is 7.07. The van der Waals surface area contributed by atoms with E-state index < -0.39 is 0 Å². The van der Waals surface area contributed by atoms with Crippen LogP contribution in [0.3, 0.4) is 0 Å². The van der Waals surface area contributed by atoms with Crippen molar-refractivity contribution in [2.45, 2.75) is 50.2 Å². The Morgan fingerprint density at radius 3 is 2.65 bits per heavy atom. The molecule has 3 fully saturated rings. The number of carbonyl (C=O) groups is 1. The van der Waals surface area contributed by atoms with Crippen molar-refractivity contribution in [1.82, 2.24) is 15.3 Å². The molecular formula is C17H24N4O2. The second kappa shape index (κ2) is 6.07. The molecule has 1 unspecified atom stereocenters. The van der Waals surface area contributed by atoms with Crippen molar-refractivity contribution in [3.63, 3.8) is 0 Å². The number of aromatic nitrogens is 2. The van der Waals surface area contributed by atoms with E-state index in [1.165, 1.54) is 6.42 Å². The Morgan fingerprint density at radius 1 is 1.26 bits per heavy atom. The maximum Gasteiger partial charge on any atom is 0.225 e. The number of amides is 1. The maximum atomic E-state index is 12.3. The lowest BCUT2D eigenvalue weighted by Gasteiger charge is -2.38. The van der Waals surface area contributed by atoms with Gasteiger partial charge < -0.3 is 15.0 Å². The molecule has 6 nitrogen and oxygen atoms in total. The molecule has 6 heteroatoms. The van der Waals surface area contributed by atoms with Crippen molar-refractivity contribution in [2.24, 2.45) is 5.92 Å². The van der Waals surface area contributed by atoms with Crippen LogP contribution in [0, 0.1) is 5.92 Å². The van der Waals surface area contributed by atoms with E-state index >= 15 is 0 Å². The van der Waals surface area contributed by atoms with Gasteiger partial charge in [0.25, 0.3) is 0 Å². The molecule has 1 N–H and O–H groups in total. The summed E-state index contributed by atoms with van der Waals surface area (Å²) in [5.41, 5.74) is -0.118. The monoisotopic (exact) mass is 316 g/mol. The topological polar surface area (TPSA) is 67.3 Å². The molecule has 0 bridgehead atoms. The predicted octanol–water partition coefficient (Wildman–Crippen LogP) is 1.52. The summed E-state index contributed by atoms with van der Waals surface area (Å²) in [6.07, 6.45) is 9.81. The van der Waals surface area contributed by atoms with Gasteiger partial charge in [0, 0.05) is 31.5 Å². The van der Waals surface area contributed by atoms with Crippen LogP contribution in [0.15, 0.2) is 18.5 Å². The summed E-state index contributed by atoms with van der Waals surface area (Å²) >= 11 is 0. The summed E-state index contributed by atoms with van der Waals surface area (Å²) in [6, 6.07) is 2.25. The highest BCUT2D eigenvalue weighted by molar-refractivity contribution is 5.79. The Hall–Kier alpha value is -1.69. The fraction of sp³-hybridized carbons (Fsp3) is 0.706. The van der Waals surface area contributed by atoms with E-state index in [1.54, 1.807) is 12.4 Å². The SMILES string of the molecule is O=C(NC1CCC1)C1COC2(CCN(c3ncccn3)CC2)C1. The van der Waals surface area contributed by atoms with E-state index in [0.717, 1.165) is 51.1 Å². The Labute approximate surface area is 136 Å². The normalized spacial score (nSPS) is 27.0. The molecule has 124 valence electrons. The van der Waals surface area contributed by atoms with Crippen LogP contribution in [0.1, 0.15) is 38.5 Å². The van der Waals surface area contributed by atoms with Crippen LogP contribution in [-0.4, -0.2) is 47.2 Å². The molecule has 4 rings (SSSR count). The highest BCUT2D eigenvalue weighted by atomic mass is 16.5. The molecule has 3 aliphatic rings. The quantitative estimate of drug-likeness (QED) is 0.916. The zero-order valence-electron chi connectivity index (χ0n) is 13.4. The minimum absolute atomic E-state index is 0.0233. The minimum atomic E-state index is -0.118. The number of ether oxygens (including phenoxy) is 1. The van der Waals surface area contributed by atoms with Crippen LogP contribution in [0.2, 0.25) is 0 Å². The third-order valence-corrected chi connectivity index (χ3v) is 5.54. The van der Waals surface area contributed by atoms with Gasteiger partial charge in [-0.1, -0.05) is 0 Å². The average Bonchev–Trinajstić information content (AvgIpc) is 2.96. The van der Waals surface area contributed by atoms with Crippen LogP contribution < -0.4 is 10.2 Å². The van der Waals surface area contributed by atoms with Crippen molar-refractivity contribution in [3.05, 3.63) is 18.5 Å². The molecule has 1 aliphatic carbocycles. The first-order valence-electron chi connectivity index (χ1n) is 8.70. The third-order valence-electron chi connectivity index (χ3n) is 5.54. The highest BCUT2D eigenvalue weighted by Crippen LogP contribution is 2.39. The van der Waals surface area contributed by atoms with E-state index in [0.29, 0.717) is 12.6 Å². The number of hydrogen-bond donors (Lipinski definition) is 1. The van der Waals surface area contributed by atoms with Gasteiger partial charge in [-0.15, -0.1) is 0 Å². The lowest BCUT2D eigenvalue weighted by atomic mass is 9.84. The molecule has 2 saturated heterocycles. The number of carbonyl (C=O) groups excluding carboxylic acids is 1. The molecule has 1 spiro atoms. The molecule has 2 aliphatic heterocycles. The number of rotatable bonds is 3. The lowest BCUT2D eigenvalue weighted by molar-refractivity contribution is -0.126.